The van der Waals surface area contributed by atoms with Crippen LogP contribution >= 0.6 is 0 Å². The zero-order valence-electron chi connectivity index (χ0n) is 12.1. The van der Waals surface area contributed by atoms with E-state index in [-0.39, 0.29) is 6.03 Å². The summed E-state index contributed by atoms with van der Waals surface area (Å²) in [6.07, 6.45) is 1.74. The summed E-state index contributed by atoms with van der Waals surface area (Å²) < 4.78 is 5.15. The van der Waals surface area contributed by atoms with E-state index in [1.807, 2.05) is 42.5 Å². The molecule has 0 unspecified atom stereocenters. The zero-order valence-corrected chi connectivity index (χ0v) is 12.1. The van der Waals surface area contributed by atoms with Crippen LogP contribution in [0.2, 0.25) is 0 Å². The summed E-state index contributed by atoms with van der Waals surface area (Å²) in [6.45, 7) is 0.426. The number of methoxy groups -OCH3 is 1. The molecule has 0 aliphatic rings. The van der Waals surface area contributed by atoms with Crippen molar-refractivity contribution < 1.29 is 9.53 Å². The molecule has 0 atom stereocenters. The summed E-state index contributed by atoms with van der Waals surface area (Å²) >= 11 is 0. The first-order valence-corrected chi connectivity index (χ1v) is 6.85. The quantitative estimate of drug-likeness (QED) is 0.692. The molecule has 22 heavy (non-hydrogen) atoms. The molecule has 6 nitrogen and oxygen atoms in total. The topological polar surface area (TPSA) is 79.0 Å². The van der Waals surface area contributed by atoms with E-state index in [0.29, 0.717) is 12.2 Å². The SMILES string of the molecule is COc1cccc(CNC(=O)Nc2ccc3cn[nH]c3c2)c1. The third kappa shape index (κ3) is 3.17. The second-order valence-electron chi connectivity index (χ2n) is 4.83. The number of aromatic nitrogens is 2. The van der Waals surface area contributed by atoms with Gasteiger partial charge in [0, 0.05) is 17.6 Å². The van der Waals surface area contributed by atoms with E-state index < -0.39 is 0 Å². The first kappa shape index (κ1) is 13.9. The molecule has 1 aromatic heterocycles. The minimum atomic E-state index is -0.262. The highest BCUT2D eigenvalue weighted by Gasteiger charge is 2.04. The lowest BCUT2D eigenvalue weighted by Crippen LogP contribution is -2.28. The van der Waals surface area contributed by atoms with Crippen molar-refractivity contribution in [2.45, 2.75) is 6.54 Å². The summed E-state index contributed by atoms with van der Waals surface area (Å²) in [4.78, 5) is 11.9. The Morgan fingerprint density at radius 1 is 1.27 bits per heavy atom. The molecular weight excluding hydrogens is 280 g/mol. The third-order valence-electron chi connectivity index (χ3n) is 3.29. The highest BCUT2D eigenvalue weighted by molar-refractivity contribution is 5.92. The summed E-state index contributed by atoms with van der Waals surface area (Å²) in [6, 6.07) is 12.9. The number of ether oxygens (including phenoxy) is 1. The molecule has 0 aliphatic heterocycles. The van der Waals surface area contributed by atoms with E-state index in [1.54, 1.807) is 13.3 Å². The molecule has 0 fully saturated rings. The number of nitrogens with zero attached hydrogens (tertiary/aromatic N) is 1. The van der Waals surface area contributed by atoms with Crippen LogP contribution in [0.25, 0.3) is 10.9 Å². The van der Waals surface area contributed by atoms with Gasteiger partial charge in [-0.25, -0.2) is 4.79 Å². The van der Waals surface area contributed by atoms with E-state index in [4.69, 9.17) is 4.74 Å². The van der Waals surface area contributed by atoms with Crippen molar-refractivity contribution in [1.82, 2.24) is 15.5 Å². The number of nitrogens with one attached hydrogen (secondary N) is 3. The van der Waals surface area contributed by atoms with Crippen LogP contribution in [0.1, 0.15) is 5.56 Å². The van der Waals surface area contributed by atoms with Gasteiger partial charge < -0.3 is 15.4 Å². The van der Waals surface area contributed by atoms with Crippen LogP contribution < -0.4 is 15.4 Å². The highest BCUT2D eigenvalue weighted by Crippen LogP contribution is 2.16. The maximum absolute atomic E-state index is 11.9. The predicted molar refractivity (Wildman–Crippen MR) is 84.9 cm³/mol. The van der Waals surface area contributed by atoms with Crippen LogP contribution in [-0.4, -0.2) is 23.3 Å². The summed E-state index contributed by atoms with van der Waals surface area (Å²) in [5.41, 5.74) is 2.56. The largest absolute Gasteiger partial charge is 0.497 e. The molecule has 3 rings (SSSR count). The molecule has 3 N–H and O–H groups in total. The van der Waals surface area contributed by atoms with Crippen molar-refractivity contribution >= 4 is 22.6 Å². The Balaban J connectivity index is 1.59. The minimum Gasteiger partial charge on any atom is -0.497 e. The molecule has 2 amide bonds. The molecule has 0 radical (unpaired) electrons. The van der Waals surface area contributed by atoms with Gasteiger partial charge in [-0.15, -0.1) is 0 Å². The first-order valence-electron chi connectivity index (χ1n) is 6.85. The lowest BCUT2D eigenvalue weighted by atomic mass is 10.2. The van der Waals surface area contributed by atoms with Gasteiger partial charge in [0.25, 0.3) is 0 Å². The molecule has 2 aromatic carbocycles. The van der Waals surface area contributed by atoms with Crippen molar-refractivity contribution in [3.8, 4) is 5.75 Å². The van der Waals surface area contributed by atoms with Crippen molar-refractivity contribution in [1.29, 1.82) is 0 Å². The fourth-order valence-corrected chi connectivity index (χ4v) is 2.15. The van der Waals surface area contributed by atoms with Crippen molar-refractivity contribution in [3.63, 3.8) is 0 Å². The molecule has 1 heterocycles. The van der Waals surface area contributed by atoms with Gasteiger partial charge in [-0.05, 0) is 35.9 Å². The maximum Gasteiger partial charge on any atom is 0.319 e. The number of carbonyl (C=O) groups is 1. The van der Waals surface area contributed by atoms with Crippen LogP contribution in [0.5, 0.6) is 5.75 Å². The number of carbonyl (C=O) groups excluding carboxylic acids is 1. The van der Waals surface area contributed by atoms with Crippen molar-refractivity contribution in [3.05, 3.63) is 54.2 Å². The number of hydrogen-bond acceptors (Lipinski definition) is 3. The molecule has 0 bridgehead atoms. The lowest BCUT2D eigenvalue weighted by molar-refractivity contribution is 0.251. The Morgan fingerprint density at radius 2 is 2.18 bits per heavy atom. The summed E-state index contributed by atoms with van der Waals surface area (Å²) in [7, 11) is 1.62. The van der Waals surface area contributed by atoms with E-state index in [1.165, 1.54) is 0 Å². The van der Waals surface area contributed by atoms with Crippen LogP contribution in [0.3, 0.4) is 0 Å². The maximum atomic E-state index is 11.9. The van der Waals surface area contributed by atoms with Gasteiger partial charge in [0.05, 0.1) is 18.8 Å². The van der Waals surface area contributed by atoms with Gasteiger partial charge in [-0.1, -0.05) is 12.1 Å². The number of amides is 2. The Labute approximate surface area is 127 Å². The van der Waals surface area contributed by atoms with Crippen LogP contribution in [0.15, 0.2) is 48.7 Å². The van der Waals surface area contributed by atoms with Gasteiger partial charge in [0.1, 0.15) is 5.75 Å². The molecule has 6 heteroatoms. The Morgan fingerprint density at radius 3 is 3.05 bits per heavy atom. The Kier molecular flexibility index (Phi) is 3.91. The van der Waals surface area contributed by atoms with Gasteiger partial charge in [0.15, 0.2) is 0 Å². The Hall–Kier alpha value is -3.02. The lowest BCUT2D eigenvalue weighted by Gasteiger charge is -2.08. The third-order valence-corrected chi connectivity index (χ3v) is 3.29. The average molecular weight is 296 g/mol. The predicted octanol–water partition coefficient (Wildman–Crippen LogP) is 2.89. The zero-order chi connectivity index (χ0) is 15.4. The average Bonchev–Trinajstić information content (AvgIpc) is 3.01. The molecule has 112 valence electrons. The number of rotatable bonds is 4. The van der Waals surface area contributed by atoms with Crippen LogP contribution in [0.4, 0.5) is 10.5 Å². The minimum absolute atomic E-state index is 0.262. The molecule has 0 spiro atoms. The van der Waals surface area contributed by atoms with E-state index in [9.17, 15) is 4.79 Å². The fraction of sp³-hybridized carbons (Fsp3) is 0.125. The molecule has 0 saturated heterocycles. The second-order valence-corrected chi connectivity index (χ2v) is 4.83. The molecule has 0 aliphatic carbocycles. The summed E-state index contributed by atoms with van der Waals surface area (Å²) in [5.74, 6) is 0.768. The van der Waals surface area contributed by atoms with Crippen molar-refractivity contribution in [2.75, 3.05) is 12.4 Å². The van der Waals surface area contributed by atoms with Gasteiger partial charge in [-0.2, -0.15) is 5.10 Å². The number of benzene rings is 2. The fourth-order valence-electron chi connectivity index (χ4n) is 2.15. The molecule has 3 aromatic rings. The summed E-state index contributed by atoms with van der Waals surface area (Å²) in [5, 5.41) is 13.4. The number of urea groups is 1. The molecule has 0 saturated carbocycles. The normalized spacial score (nSPS) is 10.4. The second kappa shape index (κ2) is 6.17. The number of anilines is 1. The van der Waals surface area contributed by atoms with Gasteiger partial charge in [-0.3, -0.25) is 5.10 Å². The number of hydrogen-bond donors (Lipinski definition) is 3. The first-order chi connectivity index (χ1) is 10.7. The number of aromatic amines is 1. The molecular formula is C16H16N4O2. The van der Waals surface area contributed by atoms with Gasteiger partial charge in [0.2, 0.25) is 0 Å². The van der Waals surface area contributed by atoms with Crippen LogP contribution in [0, 0.1) is 0 Å². The number of fused-ring (bicyclic) bond motifs is 1. The van der Waals surface area contributed by atoms with Crippen molar-refractivity contribution in [2.24, 2.45) is 0 Å². The van der Waals surface area contributed by atoms with E-state index in [0.717, 1.165) is 22.2 Å². The smallest absolute Gasteiger partial charge is 0.319 e. The number of H-pyrrole nitrogens is 1. The van der Waals surface area contributed by atoms with E-state index >= 15 is 0 Å². The standard InChI is InChI=1S/C16H16N4O2/c1-22-14-4-2-3-11(7-14)9-17-16(21)19-13-6-5-12-10-18-20-15(12)8-13/h2-8,10H,9H2,1H3,(H,18,20)(H2,17,19,21). The monoisotopic (exact) mass is 296 g/mol. The van der Waals surface area contributed by atoms with Gasteiger partial charge >= 0.3 is 6.03 Å². The highest BCUT2D eigenvalue weighted by atomic mass is 16.5. The van der Waals surface area contributed by atoms with Crippen LogP contribution in [-0.2, 0) is 6.54 Å². The Bertz CT molecular complexity index is 797. The van der Waals surface area contributed by atoms with E-state index in [2.05, 4.69) is 20.8 Å².